The molecule has 2 aromatic rings. The van der Waals surface area contributed by atoms with Gasteiger partial charge in [-0.05, 0) is 31.0 Å². The van der Waals surface area contributed by atoms with E-state index in [1.807, 2.05) is 25.1 Å². The van der Waals surface area contributed by atoms with Crippen molar-refractivity contribution in [2.75, 3.05) is 13.2 Å². The quantitative estimate of drug-likeness (QED) is 0.818. The Hall–Kier alpha value is -2.09. The Morgan fingerprint density at radius 1 is 1.00 bits per heavy atom. The third-order valence-electron chi connectivity index (χ3n) is 3.37. The van der Waals surface area contributed by atoms with Gasteiger partial charge in [0.15, 0.2) is 0 Å². The third-order valence-corrected chi connectivity index (χ3v) is 3.37. The van der Waals surface area contributed by atoms with E-state index in [4.69, 9.17) is 9.73 Å². The van der Waals surface area contributed by atoms with Crippen molar-refractivity contribution in [3.63, 3.8) is 0 Å². The van der Waals surface area contributed by atoms with Crippen molar-refractivity contribution in [1.82, 2.24) is 0 Å². The van der Waals surface area contributed by atoms with E-state index in [0.717, 1.165) is 30.0 Å². The van der Waals surface area contributed by atoms with Gasteiger partial charge in [0.25, 0.3) is 0 Å². The second-order valence-electron chi connectivity index (χ2n) is 4.57. The molecular formula is C17H17NO. The summed E-state index contributed by atoms with van der Waals surface area (Å²) in [4.78, 5) is 4.72. The first-order valence-electron chi connectivity index (χ1n) is 6.75. The fourth-order valence-electron chi connectivity index (χ4n) is 2.52. The molecule has 1 aliphatic rings. The summed E-state index contributed by atoms with van der Waals surface area (Å²) in [5.41, 5.74) is 4.77. The van der Waals surface area contributed by atoms with Gasteiger partial charge in [0.2, 0.25) is 0 Å². The van der Waals surface area contributed by atoms with Crippen LogP contribution in [0.5, 0.6) is 5.75 Å². The first kappa shape index (κ1) is 12.0. The van der Waals surface area contributed by atoms with Crippen LogP contribution in [0.4, 0.5) is 0 Å². The molecule has 0 aliphatic carbocycles. The summed E-state index contributed by atoms with van der Waals surface area (Å²) in [6.45, 7) is 3.53. The molecule has 0 atom stereocenters. The van der Waals surface area contributed by atoms with Crippen LogP contribution in [-0.2, 0) is 6.42 Å². The highest BCUT2D eigenvalue weighted by Crippen LogP contribution is 2.26. The highest BCUT2D eigenvalue weighted by Gasteiger charge is 2.17. The lowest BCUT2D eigenvalue weighted by molar-refractivity contribution is 0.339. The molecule has 2 nitrogen and oxygen atoms in total. The molecule has 96 valence electrons. The van der Waals surface area contributed by atoms with Crippen molar-refractivity contribution in [3.8, 4) is 5.75 Å². The number of nitrogens with zero attached hydrogens (tertiary/aromatic N) is 1. The number of benzene rings is 2. The van der Waals surface area contributed by atoms with Crippen LogP contribution in [0.2, 0.25) is 0 Å². The molecular weight excluding hydrogens is 234 g/mol. The smallest absolute Gasteiger partial charge is 0.128 e. The Morgan fingerprint density at radius 2 is 1.74 bits per heavy atom. The molecule has 1 aliphatic heterocycles. The zero-order valence-electron chi connectivity index (χ0n) is 11.1. The van der Waals surface area contributed by atoms with Crippen LogP contribution < -0.4 is 4.74 Å². The Bertz CT molecular complexity index is 616. The maximum Gasteiger partial charge on any atom is 0.128 e. The fourth-order valence-corrected chi connectivity index (χ4v) is 2.52. The average molecular weight is 251 g/mol. The molecule has 0 spiro atoms. The Labute approximate surface area is 113 Å². The lowest BCUT2D eigenvalue weighted by Gasteiger charge is -2.19. The van der Waals surface area contributed by atoms with Gasteiger partial charge in [-0.2, -0.15) is 0 Å². The molecule has 1 heterocycles. The Balaban J connectivity index is 2.10. The van der Waals surface area contributed by atoms with E-state index in [9.17, 15) is 0 Å². The number of rotatable bonds is 3. The van der Waals surface area contributed by atoms with E-state index >= 15 is 0 Å². The predicted molar refractivity (Wildman–Crippen MR) is 78.3 cm³/mol. The standard InChI is InChI=1S/C17H17NO/c1-2-19-16-10-6-5-9-15(16)17-14-8-4-3-7-13(14)11-12-18-17/h3-10H,2,11-12H2,1H3. The van der Waals surface area contributed by atoms with Gasteiger partial charge >= 0.3 is 0 Å². The highest BCUT2D eigenvalue weighted by atomic mass is 16.5. The number of fused-ring (bicyclic) bond motifs is 1. The summed E-state index contributed by atoms with van der Waals surface area (Å²) in [5.74, 6) is 0.917. The van der Waals surface area contributed by atoms with Crippen LogP contribution in [0.25, 0.3) is 0 Å². The van der Waals surface area contributed by atoms with Gasteiger partial charge in [-0.25, -0.2) is 0 Å². The fraction of sp³-hybridized carbons (Fsp3) is 0.235. The van der Waals surface area contributed by atoms with Gasteiger partial charge in [-0.15, -0.1) is 0 Å². The summed E-state index contributed by atoms with van der Waals surface area (Å²) in [6, 6.07) is 16.6. The molecule has 2 heteroatoms. The summed E-state index contributed by atoms with van der Waals surface area (Å²) in [6.07, 6.45) is 1.02. The minimum atomic E-state index is 0.673. The SMILES string of the molecule is CCOc1ccccc1C1=NCCc2ccccc21. The number of para-hydroxylation sites is 1. The van der Waals surface area contributed by atoms with E-state index in [0.29, 0.717) is 6.61 Å². The van der Waals surface area contributed by atoms with Crippen molar-refractivity contribution in [2.45, 2.75) is 13.3 Å². The third kappa shape index (κ3) is 2.26. The predicted octanol–water partition coefficient (Wildman–Crippen LogP) is 3.48. The van der Waals surface area contributed by atoms with Crippen LogP contribution in [-0.4, -0.2) is 18.9 Å². The van der Waals surface area contributed by atoms with Gasteiger partial charge in [0.05, 0.1) is 12.3 Å². The molecule has 19 heavy (non-hydrogen) atoms. The Morgan fingerprint density at radius 3 is 2.58 bits per heavy atom. The van der Waals surface area contributed by atoms with Crippen molar-refractivity contribution < 1.29 is 4.74 Å². The summed E-state index contributed by atoms with van der Waals surface area (Å²) in [5, 5.41) is 0. The van der Waals surface area contributed by atoms with Crippen molar-refractivity contribution in [2.24, 2.45) is 4.99 Å². The second kappa shape index (κ2) is 5.27. The first-order chi connectivity index (χ1) is 9.40. The zero-order chi connectivity index (χ0) is 13.1. The van der Waals surface area contributed by atoms with E-state index < -0.39 is 0 Å². The van der Waals surface area contributed by atoms with E-state index in [1.165, 1.54) is 11.1 Å². The molecule has 0 radical (unpaired) electrons. The van der Waals surface area contributed by atoms with E-state index in [-0.39, 0.29) is 0 Å². The Kier molecular flexibility index (Phi) is 3.32. The molecule has 3 rings (SSSR count). The summed E-state index contributed by atoms with van der Waals surface area (Å²) >= 11 is 0. The molecule has 0 unspecified atom stereocenters. The highest BCUT2D eigenvalue weighted by molar-refractivity contribution is 6.15. The molecule has 0 aromatic heterocycles. The second-order valence-corrected chi connectivity index (χ2v) is 4.57. The molecule has 0 bridgehead atoms. The number of hydrogen-bond donors (Lipinski definition) is 0. The van der Waals surface area contributed by atoms with Gasteiger partial charge < -0.3 is 4.74 Å². The number of hydrogen-bond acceptors (Lipinski definition) is 2. The monoisotopic (exact) mass is 251 g/mol. The molecule has 0 N–H and O–H groups in total. The molecule has 2 aromatic carbocycles. The van der Waals surface area contributed by atoms with Gasteiger partial charge in [0, 0.05) is 17.7 Å². The maximum absolute atomic E-state index is 5.72. The topological polar surface area (TPSA) is 21.6 Å². The van der Waals surface area contributed by atoms with Crippen molar-refractivity contribution >= 4 is 5.71 Å². The van der Waals surface area contributed by atoms with Crippen molar-refractivity contribution in [3.05, 3.63) is 65.2 Å². The summed E-state index contributed by atoms with van der Waals surface area (Å²) < 4.78 is 5.72. The largest absolute Gasteiger partial charge is 0.493 e. The van der Waals surface area contributed by atoms with Gasteiger partial charge in [0.1, 0.15) is 5.75 Å². The lowest BCUT2D eigenvalue weighted by Crippen LogP contribution is -2.15. The van der Waals surface area contributed by atoms with Crippen LogP contribution in [0, 0.1) is 0 Å². The van der Waals surface area contributed by atoms with Crippen molar-refractivity contribution in [1.29, 1.82) is 0 Å². The van der Waals surface area contributed by atoms with Crippen LogP contribution in [0.1, 0.15) is 23.6 Å². The zero-order valence-corrected chi connectivity index (χ0v) is 11.1. The normalized spacial score (nSPS) is 13.6. The van der Waals surface area contributed by atoms with Crippen LogP contribution in [0.15, 0.2) is 53.5 Å². The molecule has 0 fully saturated rings. The first-order valence-corrected chi connectivity index (χ1v) is 6.75. The van der Waals surface area contributed by atoms with E-state index in [1.54, 1.807) is 0 Å². The van der Waals surface area contributed by atoms with Gasteiger partial charge in [-0.1, -0.05) is 36.4 Å². The van der Waals surface area contributed by atoms with Crippen LogP contribution in [0.3, 0.4) is 0 Å². The minimum Gasteiger partial charge on any atom is -0.493 e. The maximum atomic E-state index is 5.72. The average Bonchev–Trinajstić information content (AvgIpc) is 2.48. The number of ether oxygens (including phenoxy) is 1. The molecule has 0 amide bonds. The lowest BCUT2D eigenvalue weighted by atomic mass is 9.93. The minimum absolute atomic E-state index is 0.673. The molecule has 0 saturated heterocycles. The van der Waals surface area contributed by atoms with Gasteiger partial charge in [-0.3, -0.25) is 4.99 Å². The van der Waals surface area contributed by atoms with E-state index in [2.05, 4.69) is 30.3 Å². The number of aliphatic imine (C=N–C) groups is 1. The molecule has 0 saturated carbocycles. The van der Waals surface area contributed by atoms with Crippen LogP contribution >= 0.6 is 0 Å². The summed E-state index contributed by atoms with van der Waals surface area (Å²) in [7, 11) is 0.